The maximum absolute atomic E-state index is 13.0. The lowest BCUT2D eigenvalue weighted by Crippen LogP contribution is -2.55. The highest BCUT2D eigenvalue weighted by Crippen LogP contribution is 2.35. The van der Waals surface area contributed by atoms with Gasteiger partial charge < -0.3 is 9.80 Å². The van der Waals surface area contributed by atoms with Crippen LogP contribution in [0.25, 0.3) is 0 Å². The Morgan fingerprint density at radius 1 is 0.852 bits per heavy atom. The number of carbonyl (C=O) groups is 2. The molecule has 0 spiro atoms. The van der Waals surface area contributed by atoms with Crippen LogP contribution in [0.15, 0.2) is 30.3 Å². The zero-order valence-corrected chi connectivity index (χ0v) is 16.2. The Balaban J connectivity index is 1.29. The van der Waals surface area contributed by atoms with Crippen LogP contribution in [0.3, 0.4) is 0 Å². The molecule has 0 bridgehead atoms. The van der Waals surface area contributed by atoms with Crippen LogP contribution in [-0.2, 0) is 4.79 Å². The van der Waals surface area contributed by atoms with Gasteiger partial charge in [0, 0.05) is 44.3 Å². The maximum atomic E-state index is 13.0. The number of piperidine rings is 1. The van der Waals surface area contributed by atoms with E-state index in [1.54, 1.807) is 0 Å². The van der Waals surface area contributed by atoms with E-state index in [9.17, 15) is 9.59 Å². The third kappa shape index (κ3) is 4.18. The molecule has 0 unspecified atom stereocenters. The van der Waals surface area contributed by atoms with Crippen molar-refractivity contribution in [2.75, 3.05) is 39.3 Å². The minimum atomic E-state index is 0.0997. The van der Waals surface area contributed by atoms with E-state index in [0.717, 1.165) is 37.5 Å². The highest BCUT2D eigenvalue weighted by atomic mass is 16.2. The first-order valence-corrected chi connectivity index (χ1v) is 10.6. The molecule has 146 valence electrons. The second-order valence-electron chi connectivity index (χ2n) is 8.28. The van der Waals surface area contributed by atoms with E-state index in [1.165, 1.54) is 32.1 Å². The van der Waals surface area contributed by atoms with E-state index in [4.69, 9.17) is 0 Å². The molecule has 2 aliphatic heterocycles. The number of benzene rings is 1. The van der Waals surface area contributed by atoms with Crippen LogP contribution in [0.5, 0.6) is 0 Å². The van der Waals surface area contributed by atoms with Gasteiger partial charge in [-0.25, -0.2) is 0 Å². The van der Waals surface area contributed by atoms with Gasteiger partial charge in [-0.05, 0) is 43.7 Å². The highest BCUT2D eigenvalue weighted by molar-refractivity contribution is 5.94. The van der Waals surface area contributed by atoms with Crippen molar-refractivity contribution >= 4 is 11.8 Å². The smallest absolute Gasteiger partial charge is 0.253 e. The number of hydrogen-bond acceptors (Lipinski definition) is 3. The largest absolute Gasteiger partial charge is 0.338 e. The summed E-state index contributed by atoms with van der Waals surface area (Å²) < 4.78 is 0. The summed E-state index contributed by atoms with van der Waals surface area (Å²) in [5.41, 5.74) is 0.749. The second kappa shape index (κ2) is 8.42. The number of nitrogens with zero attached hydrogens (tertiary/aromatic N) is 3. The predicted octanol–water partition coefficient (Wildman–Crippen LogP) is 2.63. The summed E-state index contributed by atoms with van der Waals surface area (Å²) in [6.07, 6.45) is 7.55. The maximum Gasteiger partial charge on any atom is 0.253 e. The standard InChI is InChI=1S/C22H31N3O2/c26-21(25-12-6-10-18-7-4-5-11-20(18)25)17-23-13-15-24(16-14-23)22(27)19-8-2-1-3-9-19/h1-3,8-9,18,20H,4-7,10-17H2/t18-,20+/m1/s1. The lowest BCUT2D eigenvalue weighted by atomic mass is 9.78. The van der Waals surface area contributed by atoms with Crippen molar-refractivity contribution < 1.29 is 9.59 Å². The quantitative estimate of drug-likeness (QED) is 0.823. The van der Waals surface area contributed by atoms with Gasteiger partial charge in [-0.15, -0.1) is 0 Å². The van der Waals surface area contributed by atoms with Crippen molar-refractivity contribution in [3.8, 4) is 0 Å². The normalized spacial score (nSPS) is 26.5. The number of hydrogen-bond donors (Lipinski definition) is 0. The molecule has 4 rings (SSSR count). The molecule has 2 heterocycles. The van der Waals surface area contributed by atoms with E-state index in [2.05, 4.69) is 9.80 Å². The van der Waals surface area contributed by atoms with E-state index >= 15 is 0 Å². The molecule has 2 atom stereocenters. The molecule has 1 aliphatic carbocycles. The van der Waals surface area contributed by atoms with E-state index in [1.807, 2.05) is 35.2 Å². The number of piperazine rings is 1. The van der Waals surface area contributed by atoms with Gasteiger partial charge in [0.1, 0.15) is 0 Å². The Bertz CT molecular complexity index is 653. The van der Waals surface area contributed by atoms with Gasteiger partial charge in [-0.3, -0.25) is 14.5 Å². The number of rotatable bonds is 3. The molecule has 2 saturated heterocycles. The lowest BCUT2D eigenvalue weighted by Gasteiger charge is -2.45. The van der Waals surface area contributed by atoms with Crippen molar-refractivity contribution in [3.63, 3.8) is 0 Å². The van der Waals surface area contributed by atoms with Crippen molar-refractivity contribution in [1.82, 2.24) is 14.7 Å². The summed E-state index contributed by atoms with van der Waals surface area (Å²) in [6, 6.07) is 9.96. The Morgan fingerprint density at radius 2 is 1.56 bits per heavy atom. The molecular formula is C22H31N3O2. The molecule has 3 fully saturated rings. The fraction of sp³-hybridized carbons (Fsp3) is 0.636. The van der Waals surface area contributed by atoms with Crippen LogP contribution >= 0.6 is 0 Å². The summed E-state index contributed by atoms with van der Waals surface area (Å²) >= 11 is 0. The van der Waals surface area contributed by atoms with Crippen molar-refractivity contribution in [2.45, 2.75) is 44.6 Å². The number of amides is 2. The highest BCUT2D eigenvalue weighted by Gasteiger charge is 2.36. The minimum absolute atomic E-state index is 0.0997. The van der Waals surface area contributed by atoms with Crippen LogP contribution < -0.4 is 0 Å². The lowest BCUT2D eigenvalue weighted by molar-refractivity contribution is -0.139. The molecule has 1 saturated carbocycles. The first kappa shape index (κ1) is 18.5. The van der Waals surface area contributed by atoms with E-state index < -0.39 is 0 Å². The molecule has 1 aromatic rings. The van der Waals surface area contributed by atoms with Gasteiger partial charge in [-0.2, -0.15) is 0 Å². The minimum Gasteiger partial charge on any atom is -0.338 e. The van der Waals surface area contributed by atoms with Crippen molar-refractivity contribution in [2.24, 2.45) is 5.92 Å². The number of likely N-dealkylation sites (tertiary alicyclic amines) is 1. The molecule has 0 radical (unpaired) electrons. The number of fused-ring (bicyclic) bond motifs is 1. The van der Waals surface area contributed by atoms with Gasteiger partial charge in [0.05, 0.1) is 6.54 Å². The monoisotopic (exact) mass is 369 g/mol. The summed E-state index contributed by atoms with van der Waals surface area (Å²) in [4.78, 5) is 31.9. The first-order valence-electron chi connectivity index (χ1n) is 10.6. The predicted molar refractivity (Wildman–Crippen MR) is 105 cm³/mol. The average Bonchev–Trinajstić information content (AvgIpc) is 2.74. The Kier molecular flexibility index (Phi) is 5.77. The Labute approximate surface area is 162 Å². The summed E-state index contributed by atoms with van der Waals surface area (Å²) in [5, 5.41) is 0. The van der Waals surface area contributed by atoms with Gasteiger partial charge in [0.15, 0.2) is 0 Å². The topological polar surface area (TPSA) is 43.9 Å². The van der Waals surface area contributed by atoms with E-state index in [0.29, 0.717) is 31.6 Å². The van der Waals surface area contributed by atoms with Gasteiger partial charge in [-0.1, -0.05) is 31.0 Å². The molecule has 0 aromatic heterocycles. The molecule has 5 heteroatoms. The molecule has 1 aromatic carbocycles. The molecular weight excluding hydrogens is 338 g/mol. The average molecular weight is 370 g/mol. The molecule has 27 heavy (non-hydrogen) atoms. The van der Waals surface area contributed by atoms with Gasteiger partial charge >= 0.3 is 0 Å². The zero-order chi connectivity index (χ0) is 18.6. The summed E-state index contributed by atoms with van der Waals surface area (Å²) in [6.45, 7) is 4.42. The fourth-order valence-corrected chi connectivity index (χ4v) is 5.09. The summed E-state index contributed by atoms with van der Waals surface area (Å²) in [7, 11) is 0. The van der Waals surface area contributed by atoms with Crippen LogP contribution in [0, 0.1) is 5.92 Å². The zero-order valence-electron chi connectivity index (χ0n) is 16.2. The third-order valence-electron chi connectivity index (χ3n) is 6.60. The van der Waals surface area contributed by atoms with Crippen molar-refractivity contribution in [1.29, 1.82) is 0 Å². The fourth-order valence-electron chi connectivity index (χ4n) is 5.09. The molecule has 3 aliphatic rings. The third-order valence-corrected chi connectivity index (χ3v) is 6.60. The van der Waals surface area contributed by atoms with Crippen LogP contribution in [-0.4, -0.2) is 71.8 Å². The first-order chi connectivity index (χ1) is 13.2. The molecule has 5 nitrogen and oxygen atoms in total. The van der Waals surface area contributed by atoms with Crippen LogP contribution in [0.1, 0.15) is 48.9 Å². The van der Waals surface area contributed by atoms with E-state index in [-0.39, 0.29) is 5.91 Å². The van der Waals surface area contributed by atoms with Gasteiger partial charge in [0.2, 0.25) is 5.91 Å². The Morgan fingerprint density at radius 3 is 2.33 bits per heavy atom. The molecule has 2 amide bonds. The number of carbonyl (C=O) groups excluding carboxylic acids is 2. The summed E-state index contributed by atoms with van der Waals surface area (Å²) in [5.74, 6) is 1.13. The molecule has 0 N–H and O–H groups in total. The van der Waals surface area contributed by atoms with Crippen LogP contribution in [0.2, 0.25) is 0 Å². The SMILES string of the molecule is O=C(c1ccccc1)N1CCN(CC(=O)N2CCC[C@H]3CCCC[C@@H]32)CC1. The van der Waals surface area contributed by atoms with Crippen molar-refractivity contribution in [3.05, 3.63) is 35.9 Å². The Hall–Kier alpha value is -1.88. The van der Waals surface area contributed by atoms with Crippen LogP contribution in [0.4, 0.5) is 0 Å². The van der Waals surface area contributed by atoms with Gasteiger partial charge in [0.25, 0.3) is 5.91 Å². The second-order valence-corrected chi connectivity index (χ2v) is 8.28.